The van der Waals surface area contributed by atoms with Crippen molar-refractivity contribution in [1.82, 2.24) is 19.8 Å². The summed E-state index contributed by atoms with van der Waals surface area (Å²) in [6.07, 6.45) is -3.04. The van der Waals surface area contributed by atoms with Crippen molar-refractivity contribution < 1.29 is 27.1 Å². The Balaban J connectivity index is 1.24. The number of nitrogens with zero attached hydrogens (tertiary/aromatic N) is 6. The van der Waals surface area contributed by atoms with E-state index in [9.17, 15) is 22.8 Å². The number of amides is 1. The minimum Gasteiger partial charge on any atom is -0.492 e. The molecule has 43 heavy (non-hydrogen) atoms. The van der Waals surface area contributed by atoms with Gasteiger partial charge in [-0.05, 0) is 32.7 Å². The molecule has 4 aliphatic heterocycles. The van der Waals surface area contributed by atoms with Crippen molar-refractivity contribution in [3.8, 4) is 5.75 Å². The Bertz CT molecular complexity index is 1430. The predicted molar refractivity (Wildman–Crippen MR) is 154 cm³/mol. The molecule has 0 saturated carbocycles. The van der Waals surface area contributed by atoms with Gasteiger partial charge in [0.25, 0.3) is 5.56 Å². The first-order chi connectivity index (χ1) is 20.4. The van der Waals surface area contributed by atoms with Gasteiger partial charge >= 0.3 is 6.18 Å². The van der Waals surface area contributed by atoms with E-state index in [1.807, 2.05) is 16.8 Å². The number of carbonyl (C=O) groups is 1. The van der Waals surface area contributed by atoms with Gasteiger partial charge < -0.3 is 24.3 Å². The Morgan fingerprint density at radius 2 is 1.74 bits per heavy atom. The third-order valence-corrected chi connectivity index (χ3v) is 9.26. The van der Waals surface area contributed by atoms with Crippen LogP contribution in [-0.4, -0.2) is 111 Å². The van der Waals surface area contributed by atoms with Gasteiger partial charge in [-0.2, -0.15) is 18.2 Å². The number of halogens is 4. The van der Waals surface area contributed by atoms with E-state index in [2.05, 4.69) is 26.8 Å². The minimum absolute atomic E-state index is 0.0144. The van der Waals surface area contributed by atoms with Gasteiger partial charge in [0.15, 0.2) is 0 Å². The number of nitrogens with one attached hydrogen (secondary N) is 1. The maximum absolute atomic E-state index is 15.9. The van der Waals surface area contributed by atoms with Gasteiger partial charge in [-0.25, -0.2) is 4.39 Å². The molecule has 0 unspecified atom stereocenters. The van der Waals surface area contributed by atoms with Gasteiger partial charge in [-0.3, -0.25) is 19.5 Å². The van der Waals surface area contributed by atoms with Crippen molar-refractivity contribution in [2.45, 2.75) is 37.3 Å². The fourth-order valence-electron chi connectivity index (χ4n) is 6.84. The highest BCUT2D eigenvalue weighted by Gasteiger charge is 2.56. The average Bonchev–Trinajstić information content (AvgIpc) is 3.17. The molecular formula is C29H37F4N7O3. The van der Waals surface area contributed by atoms with Crippen molar-refractivity contribution in [3.05, 3.63) is 39.4 Å². The zero-order chi connectivity index (χ0) is 30.5. The molecule has 14 heteroatoms. The number of hydrogen-bond donors (Lipinski definition) is 1. The molecule has 1 amide bonds. The lowest BCUT2D eigenvalue weighted by atomic mass is 9.73. The molecule has 6 rings (SSSR count). The number of anilines is 3. The van der Waals surface area contributed by atoms with Crippen LogP contribution in [0.2, 0.25) is 0 Å². The zero-order valence-electron chi connectivity index (χ0n) is 24.5. The summed E-state index contributed by atoms with van der Waals surface area (Å²) in [5, 5.41) is 0. The van der Waals surface area contributed by atoms with E-state index in [0.717, 1.165) is 39.1 Å². The number of benzene rings is 1. The highest BCUT2D eigenvalue weighted by Crippen LogP contribution is 2.51. The minimum atomic E-state index is -4.67. The van der Waals surface area contributed by atoms with Crippen molar-refractivity contribution in [1.29, 1.82) is 0 Å². The van der Waals surface area contributed by atoms with Crippen LogP contribution >= 0.6 is 0 Å². The second-order valence-corrected chi connectivity index (χ2v) is 12.1. The number of alkyl halides is 3. The van der Waals surface area contributed by atoms with Crippen molar-refractivity contribution in [2.75, 3.05) is 94.3 Å². The number of H-pyrrole nitrogens is 1. The zero-order valence-corrected chi connectivity index (χ0v) is 24.5. The summed E-state index contributed by atoms with van der Waals surface area (Å²) in [4.78, 5) is 42.9. The van der Waals surface area contributed by atoms with Gasteiger partial charge in [0.2, 0.25) is 11.9 Å². The fourth-order valence-corrected chi connectivity index (χ4v) is 6.84. The SMILES string of the molecule is CN1CCN(CCOc2cc(F)c3c(c2)N(CC(F)(F)F)C(=O)C32CCN(c3nc4c(c(=O)[nH]3)CCCN4C)CC2)CC1. The van der Waals surface area contributed by atoms with Gasteiger partial charge in [0.1, 0.15) is 30.5 Å². The van der Waals surface area contributed by atoms with Crippen molar-refractivity contribution in [3.63, 3.8) is 0 Å². The quantitative estimate of drug-likeness (QED) is 0.501. The van der Waals surface area contributed by atoms with Crippen LogP contribution in [0.4, 0.5) is 35.0 Å². The van der Waals surface area contributed by atoms with E-state index in [1.165, 1.54) is 12.1 Å². The molecule has 4 aliphatic rings. The van der Waals surface area contributed by atoms with E-state index in [4.69, 9.17) is 4.74 Å². The van der Waals surface area contributed by atoms with E-state index in [1.54, 1.807) is 0 Å². The third kappa shape index (κ3) is 5.66. The molecular weight excluding hydrogens is 570 g/mol. The molecule has 0 radical (unpaired) electrons. The molecule has 0 bridgehead atoms. The number of carbonyl (C=O) groups excluding carboxylic acids is 1. The maximum Gasteiger partial charge on any atom is 0.406 e. The molecule has 0 atom stereocenters. The first-order valence-corrected chi connectivity index (χ1v) is 14.8. The number of aromatic amines is 1. The fraction of sp³-hybridized carbons (Fsp3) is 0.621. The smallest absolute Gasteiger partial charge is 0.406 e. The van der Waals surface area contributed by atoms with Gasteiger partial charge in [0.05, 0.1) is 16.7 Å². The van der Waals surface area contributed by atoms with Crippen LogP contribution in [0, 0.1) is 5.82 Å². The lowest BCUT2D eigenvalue weighted by molar-refractivity contribution is -0.135. The predicted octanol–water partition coefficient (Wildman–Crippen LogP) is 2.36. The normalized spacial score (nSPS) is 21.0. The van der Waals surface area contributed by atoms with E-state index in [-0.39, 0.29) is 55.1 Å². The number of hydrogen-bond acceptors (Lipinski definition) is 8. The Hall–Kier alpha value is -3.39. The molecule has 0 aliphatic carbocycles. The Morgan fingerprint density at radius 3 is 2.44 bits per heavy atom. The number of piperidine rings is 1. The van der Waals surface area contributed by atoms with Gasteiger partial charge in [0, 0.05) is 77.1 Å². The maximum atomic E-state index is 15.9. The van der Waals surface area contributed by atoms with Gasteiger partial charge in [-0.15, -0.1) is 0 Å². The van der Waals surface area contributed by atoms with Crippen LogP contribution in [0.1, 0.15) is 30.4 Å². The highest BCUT2D eigenvalue weighted by molar-refractivity contribution is 6.08. The largest absolute Gasteiger partial charge is 0.492 e. The molecule has 1 spiro atoms. The molecule has 234 valence electrons. The summed E-state index contributed by atoms with van der Waals surface area (Å²) in [5.41, 5.74) is -1.16. The summed E-state index contributed by atoms with van der Waals surface area (Å²) in [6.45, 7) is 4.12. The number of fused-ring (bicyclic) bond motifs is 3. The molecule has 2 saturated heterocycles. The lowest BCUT2D eigenvalue weighted by Crippen LogP contribution is -2.51. The summed E-state index contributed by atoms with van der Waals surface area (Å²) in [7, 11) is 3.92. The van der Waals surface area contributed by atoms with Crippen molar-refractivity contribution >= 4 is 23.4 Å². The molecule has 5 heterocycles. The molecule has 1 aromatic heterocycles. The second-order valence-electron chi connectivity index (χ2n) is 12.1. The summed E-state index contributed by atoms with van der Waals surface area (Å²) >= 11 is 0. The molecule has 2 fully saturated rings. The summed E-state index contributed by atoms with van der Waals surface area (Å²) in [6, 6.07) is 2.55. The number of rotatable bonds is 6. The van der Waals surface area contributed by atoms with Crippen LogP contribution in [0.15, 0.2) is 16.9 Å². The Labute approximate surface area is 247 Å². The van der Waals surface area contributed by atoms with Crippen LogP contribution < -0.4 is 25.0 Å². The summed E-state index contributed by atoms with van der Waals surface area (Å²) < 4.78 is 62.7. The third-order valence-electron chi connectivity index (χ3n) is 9.26. The Kier molecular flexibility index (Phi) is 7.78. The molecule has 1 aromatic carbocycles. The Morgan fingerprint density at radius 1 is 1.02 bits per heavy atom. The van der Waals surface area contributed by atoms with Crippen LogP contribution in [0.5, 0.6) is 5.75 Å². The highest BCUT2D eigenvalue weighted by atomic mass is 19.4. The summed E-state index contributed by atoms with van der Waals surface area (Å²) in [5.74, 6) is -0.468. The van der Waals surface area contributed by atoms with E-state index >= 15 is 4.39 Å². The van der Waals surface area contributed by atoms with Crippen LogP contribution in [0.25, 0.3) is 0 Å². The number of piperazine rings is 1. The first kappa shape index (κ1) is 29.7. The van der Waals surface area contributed by atoms with Crippen LogP contribution in [-0.2, 0) is 16.6 Å². The topological polar surface area (TPSA) is 88.2 Å². The number of aromatic nitrogens is 2. The molecule has 2 aromatic rings. The molecule has 1 N–H and O–H groups in total. The number of likely N-dealkylation sites (N-methyl/N-ethyl adjacent to an activating group) is 1. The first-order valence-electron chi connectivity index (χ1n) is 14.8. The van der Waals surface area contributed by atoms with Crippen molar-refractivity contribution in [2.24, 2.45) is 0 Å². The number of ether oxygens (including phenoxy) is 1. The van der Waals surface area contributed by atoms with Crippen LogP contribution in [0.3, 0.4) is 0 Å². The average molecular weight is 608 g/mol. The monoisotopic (exact) mass is 607 g/mol. The molecule has 10 nitrogen and oxygen atoms in total. The lowest BCUT2D eigenvalue weighted by Gasteiger charge is -2.39. The standard InChI is InChI=1S/C29H37F4N7O3/c1-36-10-12-38(13-11-36)14-15-43-19-16-21(30)23-22(17-19)40(18-29(31,32)33)26(42)28(23)5-8-39(9-6-28)27-34-24-20(25(41)35-27)4-3-7-37(24)2/h16-17H,3-15,18H2,1-2H3,(H,34,35,41). The van der Waals surface area contributed by atoms with E-state index < -0.39 is 29.9 Å². The second kappa shape index (κ2) is 11.3. The van der Waals surface area contributed by atoms with Gasteiger partial charge in [-0.1, -0.05) is 0 Å². The van der Waals surface area contributed by atoms with E-state index in [0.29, 0.717) is 35.2 Å².